The Labute approximate surface area is 163 Å². The first-order valence-electron chi connectivity index (χ1n) is 8.81. The third-order valence-corrected chi connectivity index (χ3v) is 4.89. The number of methoxy groups -OCH3 is 1. The van der Waals surface area contributed by atoms with Gasteiger partial charge in [-0.2, -0.15) is 0 Å². The highest BCUT2D eigenvalue weighted by Gasteiger charge is 2.43. The van der Waals surface area contributed by atoms with Gasteiger partial charge in [0.1, 0.15) is 11.5 Å². The van der Waals surface area contributed by atoms with E-state index in [1.54, 1.807) is 7.11 Å². The second kappa shape index (κ2) is 8.82. The van der Waals surface area contributed by atoms with Crippen molar-refractivity contribution in [1.82, 2.24) is 4.90 Å². The average Bonchev–Trinajstić information content (AvgIpc) is 2.91. The van der Waals surface area contributed by atoms with E-state index >= 15 is 0 Å². The molecule has 0 aromatic heterocycles. The first-order chi connectivity index (χ1) is 13.1. The van der Waals surface area contributed by atoms with Gasteiger partial charge in [0.15, 0.2) is 5.38 Å². The van der Waals surface area contributed by atoms with E-state index in [4.69, 9.17) is 16.3 Å². The van der Waals surface area contributed by atoms with Crippen LogP contribution in [0.4, 0.5) is 0 Å². The van der Waals surface area contributed by atoms with Gasteiger partial charge in [-0.25, -0.2) is 0 Å². The first kappa shape index (κ1) is 19.1. The largest absolute Gasteiger partial charge is 0.497 e. The van der Waals surface area contributed by atoms with Crippen LogP contribution in [0.1, 0.15) is 11.1 Å². The highest BCUT2D eigenvalue weighted by atomic mass is 35.5. The monoisotopic (exact) mass is 384 g/mol. The van der Waals surface area contributed by atoms with E-state index in [9.17, 15) is 9.59 Å². The molecular weight excluding hydrogens is 364 g/mol. The van der Waals surface area contributed by atoms with Crippen molar-refractivity contribution in [2.45, 2.75) is 18.2 Å². The Morgan fingerprint density at radius 3 is 2.33 bits per heavy atom. The van der Waals surface area contributed by atoms with E-state index in [1.165, 1.54) is 4.90 Å². The summed E-state index contributed by atoms with van der Waals surface area (Å²) in [7, 11) is 1.62. The van der Waals surface area contributed by atoms with Crippen molar-refractivity contribution in [2.75, 3.05) is 20.2 Å². The molecule has 1 aliphatic rings. The molecule has 2 amide bonds. The summed E-state index contributed by atoms with van der Waals surface area (Å²) in [4.78, 5) is 30.4. The number of nitrogens with zero attached hydrogens (tertiary/aromatic N) is 2. The van der Waals surface area contributed by atoms with Crippen LogP contribution in [0.15, 0.2) is 59.6 Å². The van der Waals surface area contributed by atoms with Crippen LogP contribution in [0.3, 0.4) is 0 Å². The van der Waals surface area contributed by atoms with Gasteiger partial charge < -0.3 is 4.74 Å². The van der Waals surface area contributed by atoms with E-state index in [2.05, 4.69) is 4.99 Å². The van der Waals surface area contributed by atoms with Crippen molar-refractivity contribution in [3.05, 3.63) is 65.7 Å². The summed E-state index contributed by atoms with van der Waals surface area (Å²) in [5.41, 5.74) is 2.28. The van der Waals surface area contributed by atoms with E-state index in [-0.39, 0.29) is 17.5 Å². The van der Waals surface area contributed by atoms with Crippen LogP contribution in [0.2, 0.25) is 0 Å². The van der Waals surface area contributed by atoms with Crippen LogP contribution in [-0.4, -0.2) is 48.0 Å². The maximum absolute atomic E-state index is 12.5. The second-order valence-electron chi connectivity index (χ2n) is 6.26. The molecule has 0 saturated carbocycles. The van der Waals surface area contributed by atoms with Crippen LogP contribution in [0.5, 0.6) is 5.75 Å². The quantitative estimate of drug-likeness (QED) is 0.544. The number of aliphatic imine (C=N–C) groups is 1. The predicted octanol–water partition coefficient (Wildman–Crippen LogP) is 2.90. The van der Waals surface area contributed by atoms with Crippen molar-refractivity contribution in [3.8, 4) is 5.75 Å². The molecule has 0 bridgehead atoms. The maximum atomic E-state index is 12.5. The van der Waals surface area contributed by atoms with Gasteiger partial charge in [-0.3, -0.25) is 19.5 Å². The molecule has 1 atom stereocenters. The van der Waals surface area contributed by atoms with Gasteiger partial charge in [-0.05, 0) is 36.1 Å². The van der Waals surface area contributed by atoms with Gasteiger partial charge in [-0.1, -0.05) is 42.5 Å². The summed E-state index contributed by atoms with van der Waals surface area (Å²) >= 11 is 6.16. The lowest BCUT2D eigenvalue weighted by Crippen LogP contribution is -2.33. The van der Waals surface area contributed by atoms with E-state index < -0.39 is 5.38 Å². The molecule has 0 spiro atoms. The van der Waals surface area contributed by atoms with Crippen molar-refractivity contribution < 1.29 is 14.3 Å². The summed E-state index contributed by atoms with van der Waals surface area (Å²) < 4.78 is 5.13. The molecule has 1 aliphatic heterocycles. The molecule has 0 aliphatic carbocycles. The van der Waals surface area contributed by atoms with Gasteiger partial charge in [0.05, 0.1) is 7.11 Å². The lowest BCUT2D eigenvalue weighted by atomic mass is 10.1. The van der Waals surface area contributed by atoms with Gasteiger partial charge >= 0.3 is 0 Å². The Morgan fingerprint density at radius 1 is 1.00 bits per heavy atom. The number of amides is 2. The molecule has 2 aromatic rings. The van der Waals surface area contributed by atoms with E-state index in [0.717, 1.165) is 16.9 Å². The Hall–Kier alpha value is -2.66. The van der Waals surface area contributed by atoms with Crippen molar-refractivity contribution in [1.29, 1.82) is 0 Å². The van der Waals surface area contributed by atoms with E-state index in [1.807, 2.05) is 54.6 Å². The standard InChI is InChI=1S/C21H21ClN2O3/c1-27-17-9-7-16(8-10-17)11-13-23-19-18(22)20(25)24(21(19)26)14-12-15-5-3-2-4-6-15/h2-10,18H,11-14H2,1H3. The first-order valence-corrected chi connectivity index (χ1v) is 9.25. The molecule has 27 heavy (non-hydrogen) atoms. The Kier molecular flexibility index (Phi) is 6.24. The molecule has 2 aromatic carbocycles. The number of imide groups is 1. The smallest absolute Gasteiger partial charge is 0.276 e. The van der Waals surface area contributed by atoms with E-state index in [0.29, 0.717) is 25.9 Å². The zero-order valence-electron chi connectivity index (χ0n) is 15.1. The maximum Gasteiger partial charge on any atom is 0.276 e. The molecule has 1 fully saturated rings. The second-order valence-corrected chi connectivity index (χ2v) is 6.69. The van der Waals surface area contributed by atoms with Gasteiger partial charge in [0, 0.05) is 13.1 Å². The number of likely N-dealkylation sites (tertiary alicyclic amines) is 1. The number of alkyl halides is 1. The SMILES string of the molecule is COc1ccc(CCN=C2C(=O)N(CCc3ccccc3)C(=O)C2Cl)cc1. The molecule has 1 saturated heterocycles. The minimum absolute atomic E-state index is 0.142. The van der Waals surface area contributed by atoms with Crippen LogP contribution in [0.25, 0.3) is 0 Å². The minimum Gasteiger partial charge on any atom is -0.497 e. The number of carbonyl (C=O) groups is 2. The summed E-state index contributed by atoms with van der Waals surface area (Å²) in [5.74, 6) is 0.0166. The number of ether oxygens (including phenoxy) is 1. The zero-order valence-corrected chi connectivity index (χ0v) is 15.9. The summed E-state index contributed by atoms with van der Waals surface area (Å²) in [6.07, 6.45) is 1.25. The summed E-state index contributed by atoms with van der Waals surface area (Å²) in [5, 5.41) is -0.996. The molecule has 140 valence electrons. The van der Waals surface area contributed by atoms with Crippen LogP contribution in [0, 0.1) is 0 Å². The molecule has 0 radical (unpaired) electrons. The topological polar surface area (TPSA) is 59.0 Å². The van der Waals surface area contributed by atoms with Crippen LogP contribution < -0.4 is 4.74 Å². The fourth-order valence-corrected chi connectivity index (χ4v) is 3.22. The zero-order chi connectivity index (χ0) is 19.2. The molecule has 6 heteroatoms. The highest BCUT2D eigenvalue weighted by molar-refractivity contribution is 6.63. The van der Waals surface area contributed by atoms with Crippen molar-refractivity contribution >= 4 is 29.1 Å². The summed E-state index contributed by atoms with van der Waals surface area (Å²) in [6, 6.07) is 17.4. The van der Waals surface area contributed by atoms with Gasteiger partial charge in [0.2, 0.25) is 0 Å². The minimum atomic E-state index is -0.996. The van der Waals surface area contributed by atoms with Crippen LogP contribution in [-0.2, 0) is 22.4 Å². The number of hydrogen-bond acceptors (Lipinski definition) is 4. The predicted molar refractivity (Wildman–Crippen MR) is 106 cm³/mol. The van der Waals surface area contributed by atoms with Crippen molar-refractivity contribution in [3.63, 3.8) is 0 Å². The van der Waals surface area contributed by atoms with Crippen LogP contribution >= 0.6 is 11.6 Å². The Morgan fingerprint density at radius 2 is 1.67 bits per heavy atom. The number of rotatable bonds is 7. The Bertz CT molecular complexity index is 834. The number of halogens is 1. The number of benzene rings is 2. The van der Waals surface area contributed by atoms with Gasteiger partial charge in [0.25, 0.3) is 11.8 Å². The molecule has 1 unspecified atom stereocenters. The number of hydrogen-bond donors (Lipinski definition) is 0. The normalized spacial score (nSPS) is 18.4. The highest BCUT2D eigenvalue weighted by Crippen LogP contribution is 2.18. The molecule has 3 rings (SSSR count). The fourth-order valence-electron chi connectivity index (χ4n) is 2.94. The van der Waals surface area contributed by atoms with Crippen molar-refractivity contribution in [2.24, 2.45) is 4.99 Å². The third-order valence-electron chi connectivity index (χ3n) is 4.50. The lowest BCUT2D eigenvalue weighted by Gasteiger charge is -2.12. The molecule has 5 nitrogen and oxygen atoms in total. The Balaban J connectivity index is 1.60. The molecule has 0 N–H and O–H groups in total. The lowest BCUT2D eigenvalue weighted by molar-refractivity contribution is -0.136. The fraction of sp³-hybridized carbons (Fsp3) is 0.286. The molecular formula is C21H21ClN2O3. The third kappa shape index (κ3) is 4.55. The number of carbonyl (C=O) groups excluding carboxylic acids is 2. The summed E-state index contributed by atoms with van der Waals surface area (Å²) in [6.45, 7) is 0.707. The average molecular weight is 385 g/mol. The van der Waals surface area contributed by atoms with Gasteiger partial charge in [-0.15, -0.1) is 11.6 Å². The molecule has 1 heterocycles.